The van der Waals surface area contributed by atoms with E-state index in [0.29, 0.717) is 22.8 Å². The molecule has 0 fully saturated rings. The third-order valence-electron chi connectivity index (χ3n) is 3.96. The lowest BCUT2D eigenvalue weighted by Gasteiger charge is -2.07. The number of hydrogen-bond donors (Lipinski definition) is 1. The van der Waals surface area contributed by atoms with Gasteiger partial charge in [0.15, 0.2) is 11.5 Å². The van der Waals surface area contributed by atoms with Crippen LogP contribution in [-0.4, -0.2) is 20.8 Å². The number of rotatable bonds is 5. The predicted octanol–water partition coefficient (Wildman–Crippen LogP) is 3.91. The van der Waals surface area contributed by atoms with Gasteiger partial charge in [0.05, 0.1) is 5.56 Å². The highest BCUT2D eigenvalue weighted by Gasteiger charge is 2.15. The normalized spacial score (nSPS) is 11.1. The van der Waals surface area contributed by atoms with Crippen molar-refractivity contribution in [1.82, 2.24) is 9.72 Å². The Labute approximate surface area is 138 Å². The zero-order chi connectivity index (χ0) is 17.3. The van der Waals surface area contributed by atoms with E-state index in [1.54, 1.807) is 0 Å². The van der Waals surface area contributed by atoms with Gasteiger partial charge in [-0.1, -0.05) is 19.0 Å². The summed E-state index contributed by atoms with van der Waals surface area (Å²) in [6.45, 7) is 5.18. The number of carboxylic acid groups (broad SMARTS) is 1. The highest BCUT2D eigenvalue weighted by molar-refractivity contribution is 5.91. The Bertz CT molecular complexity index is 944. The van der Waals surface area contributed by atoms with Gasteiger partial charge in [0.1, 0.15) is 6.07 Å². The molecular weight excluding hydrogens is 306 g/mol. The quantitative estimate of drug-likeness (QED) is 0.768. The van der Waals surface area contributed by atoms with Crippen molar-refractivity contribution in [3.8, 4) is 17.4 Å². The van der Waals surface area contributed by atoms with E-state index in [2.05, 4.69) is 29.6 Å². The minimum Gasteiger partial charge on any atom is -0.476 e. The molecule has 0 unspecified atom stereocenters. The first-order chi connectivity index (χ1) is 11.5. The standard InChI is InChI=1S/C18H17N3O3/c1-11(2)5-6-21-10-13(9-19)14-7-12(3-4-16(14)21)17-8-15(18(22)23)20-24-17/h3-4,7-8,10-11H,5-6H2,1-2H3,(H,22,23). The van der Waals surface area contributed by atoms with Crippen molar-refractivity contribution in [2.45, 2.75) is 26.8 Å². The van der Waals surface area contributed by atoms with Gasteiger partial charge in [0.25, 0.3) is 0 Å². The van der Waals surface area contributed by atoms with Crippen LogP contribution in [0.5, 0.6) is 0 Å². The van der Waals surface area contributed by atoms with Crippen molar-refractivity contribution in [3.05, 3.63) is 41.7 Å². The van der Waals surface area contributed by atoms with E-state index in [1.807, 2.05) is 24.4 Å². The third kappa shape index (κ3) is 2.88. The van der Waals surface area contributed by atoms with Gasteiger partial charge in [0.2, 0.25) is 0 Å². The first-order valence-corrected chi connectivity index (χ1v) is 7.73. The molecule has 6 nitrogen and oxygen atoms in total. The van der Waals surface area contributed by atoms with E-state index < -0.39 is 5.97 Å². The van der Waals surface area contributed by atoms with Gasteiger partial charge in [-0.15, -0.1) is 0 Å². The smallest absolute Gasteiger partial charge is 0.358 e. The van der Waals surface area contributed by atoms with Crippen LogP contribution in [0.1, 0.15) is 36.3 Å². The van der Waals surface area contributed by atoms with Crippen molar-refractivity contribution in [2.75, 3.05) is 0 Å². The van der Waals surface area contributed by atoms with Gasteiger partial charge in [0, 0.05) is 35.3 Å². The van der Waals surface area contributed by atoms with Gasteiger partial charge < -0.3 is 14.2 Å². The maximum absolute atomic E-state index is 10.9. The van der Waals surface area contributed by atoms with Gasteiger partial charge in [-0.3, -0.25) is 0 Å². The van der Waals surface area contributed by atoms with Crippen molar-refractivity contribution in [1.29, 1.82) is 5.26 Å². The number of carbonyl (C=O) groups is 1. The molecule has 0 saturated heterocycles. The van der Waals surface area contributed by atoms with Crippen LogP contribution >= 0.6 is 0 Å². The van der Waals surface area contributed by atoms with Crippen molar-refractivity contribution in [2.24, 2.45) is 5.92 Å². The Hall–Kier alpha value is -3.07. The Balaban J connectivity index is 2.04. The summed E-state index contributed by atoms with van der Waals surface area (Å²) in [6, 6.07) is 9.21. The van der Waals surface area contributed by atoms with Crippen molar-refractivity contribution in [3.63, 3.8) is 0 Å². The lowest BCUT2D eigenvalue weighted by atomic mass is 10.1. The van der Waals surface area contributed by atoms with E-state index >= 15 is 0 Å². The zero-order valence-electron chi connectivity index (χ0n) is 13.5. The number of aryl methyl sites for hydroxylation is 1. The maximum atomic E-state index is 10.9. The number of aromatic carboxylic acids is 1. The fourth-order valence-corrected chi connectivity index (χ4v) is 2.63. The molecule has 1 aromatic carbocycles. The summed E-state index contributed by atoms with van der Waals surface area (Å²) in [5.41, 5.74) is 2.13. The van der Waals surface area contributed by atoms with Crippen LogP contribution in [-0.2, 0) is 6.54 Å². The predicted molar refractivity (Wildman–Crippen MR) is 88.6 cm³/mol. The summed E-state index contributed by atoms with van der Waals surface area (Å²) in [5, 5.41) is 22.7. The highest BCUT2D eigenvalue weighted by Crippen LogP contribution is 2.28. The minimum absolute atomic E-state index is 0.139. The number of carboxylic acids is 1. The topological polar surface area (TPSA) is 92.0 Å². The van der Waals surface area contributed by atoms with E-state index in [0.717, 1.165) is 23.9 Å². The van der Waals surface area contributed by atoms with Crippen LogP contribution in [0.3, 0.4) is 0 Å². The molecule has 0 saturated carbocycles. The molecule has 0 bridgehead atoms. The molecule has 2 aromatic heterocycles. The van der Waals surface area contributed by atoms with Gasteiger partial charge in [-0.25, -0.2) is 4.79 Å². The molecule has 0 aliphatic heterocycles. The molecule has 0 atom stereocenters. The monoisotopic (exact) mass is 323 g/mol. The second-order valence-electron chi connectivity index (χ2n) is 6.14. The Morgan fingerprint density at radius 1 is 1.42 bits per heavy atom. The zero-order valence-corrected chi connectivity index (χ0v) is 13.5. The van der Waals surface area contributed by atoms with Crippen LogP contribution in [0.4, 0.5) is 0 Å². The molecule has 0 spiro atoms. The summed E-state index contributed by atoms with van der Waals surface area (Å²) in [6.07, 6.45) is 2.89. The average Bonchev–Trinajstić information content (AvgIpc) is 3.17. The maximum Gasteiger partial charge on any atom is 0.358 e. The second kappa shape index (κ2) is 6.20. The number of fused-ring (bicyclic) bond motifs is 1. The first-order valence-electron chi connectivity index (χ1n) is 7.73. The molecule has 0 aliphatic rings. The number of aromatic nitrogens is 2. The lowest BCUT2D eigenvalue weighted by molar-refractivity contribution is 0.0686. The molecule has 1 N–H and O–H groups in total. The fourth-order valence-electron chi connectivity index (χ4n) is 2.63. The Kier molecular flexibility index (Phi) is 4.09. The minimum atomic E-state index is -1.14. The SMILES string of the molecule is CC(C)CCn1cc(C#N)c2cc(-c3cc(C(=O)O)no3)ccc21. The van der Waals surface area contributed by atoms with Crippen molar-refractivity contribution >= 4 is 16.9 Å². The van der Waals surface area contributed by atoms with E-state index in [9.17, 15) is 10.1 Å². The number of nitriles is 1. The fraction of sp³-hybridized carbons (Fsp3) is 0.278. The van der Waals surface area contributed by atoms with Crippen LogP contribution < -0.4 is 0 Å². The molecule has 0 radical (unpaired) electrons. The van der Waals surface area contributed by atoms with E-state index in [1.165, 1.54) is 6.07 Å². The second-order valence-corrected chi connectivity index (χ2v) is 6.14. The average molecular weight is 323 g/mol. The van der Waals surface area contributed by atoms with Crippen LogP contribution in [0.15, 0.2) is 35.0 Å². The molecule has 24 heavy (non-hydrogen) atoms. The van der Waals surface area contributed by atoms with E-state index in [-0.39, 0.29) is 5.69 Å². The van der Waals surface area contributed by atoms with Gasteiger partial charge >= 0.3 is 5.97 Å². The third-order valence-corrected chi connectivity index (χ3v) is 3.96. The van der Waals surface area contributed by atoms with E-state index in [4.69, 9.17) is 9.63 Å². The molecule has 2 heterocycles. The van der Waals surface area contributed by atoms with Gasteiger partial charge in [-0.05, 0) is 30.5 Å². The van der Waals surface area contributed by atoms with Gasteiger partial charge in [-0.2, -0.15) is 5.26 Å². The highest BCUT2D eigenvalue weighted by atomic mass is 16.5. The number of nitrogens with zero attached hydrogens (tertiary/aromatic N) is 3. The Morgan fingerprint density at radius 3 is 2.83 bits per heavy atom. The van der Waals surface area contributed by atoms with Crippen LogP contribution in [0, 0.1) is 17.2 Å². The number of benzene rings is 1. The Morgan fingerprint density at radius 2 is 2.21 bits per heavy atom. The van der Waals surface area contributed by atoms with Crippen LogP contribution in [0.2, 0.25) is 0 Å². The lowest BCUT2D eigenvalue weighted by Crippen LogP contribution is -1.99. The van der Waals surface area contributed by atoms with Crippen LogP contribution in [0.25, 0.3) is 22.2 Å². The summed E-state index contributed by atoms with van der Waals surface area (Å²) >= 11 is 0. The molecule has 0 aliphatic carbocycles. The molecule has 3 aromatic rings. The molecular formula is C18H17N3O3. The molecule has 122 valence electrons. The molecule has 3 rings (SSSR count). The summed E-state index contributed by atoms with van der Waals surface area (Å²) in [7, 11) is 0. The summed E-state index contributed by atoms with van der Waals surface area (Å²) < 4.78 is 7.18. The number of hydrogen-bond acceptors (Lipinski definition) is 4. The first kappa shape index (κ1) is 15.8. The summed E-state index contributed by atoms with van der Waals surface area (Å²) in [4.78, 5) is 10.9. The van der Waals surface area contributed by atoms with Crippen molar-refractivity contribution < 1.29 is 14.4 Å². The largest absolute Gasteiger partial charge is 0.476 e. The molecule has 0 amide bonds. The summed E-state index contributed by atoms with van der Waals surface area (Å²) in [5.74, 6) is -0.187. The molecule has 6 heteroatoms.